The number of carbonyl (C=O) groups is 1. The van der Waals surface area contributed by atoms with E-state index in [1.165, 1.54) is 0 Å². The predicted molar refractivity (Wildman–Crippen MR) is 86.7 cm³/mol. The number of aliphatic hydroxyl groups excluding tert-OH is 1. The molecule has 0 spiro atoms. The maximum Gasteiger partial charge on any atom is 0.471 e. The van der Waals surface area contributed by atoms with Gasteiger partial charge < -0.3 is 20.3 Å². The van der Waals surface area contributed by atoms with Gasteiger partial charge in [0.1, 0.15) is 5.82 Å². The molecule has 0 radical (unpaired) electrons. The van der Waals surface area contributed by atoms with Crippen molar-refractivity contribution in [2.75, 3.05) is 24.7 Å². The van der Waals surface area contributed by atoms with Crippen molar-refractivity contribution in [3.8, 4) is 0 Å². The van der Waals surface area contributed by atoms with E-state index in [-0.39, 0.29) is 12.5 Å². The van der Waals surface area contributed by atoms with Crippen molar-refractivity contribution in [1.29, 1.82) is 0 Å². The van der Waals surface area contributed by atoms with E-state index in [0.29, 0.717) is 4.90 Å². The highest BCUT2D eigenvalue weighted by Crippen LogP contribution is 2.24. The van der Waals surface area contributed by atoms with Crippen LogP contribution in [-0.4, -0.2) is 58.8 Å². The second kappa shape index (κ2) is 8.33. The van der Waals surface area contributed by atoms with Gasteiger partial charge in [0.2, 0.25) is 0 Å². The van der Waals surface area contributed by atoms with Gasteiger partial charge in [0.25, 0.3) is 0 Å². The Labute approximate surface area is 152 Å². The minimum absolute atomic E-state index is 0.0461. The summed E-state index contributed by atoms with van der Waals surface area (Å²) < 4.78 is 50.1. The first kappa shape index (κ1) is 21.3. The van der Waals surface area contributed by atoms with E-state index in [0.717, 1.165) is 16.8 Å². The first-order chi connectivity index (χ1) is 12.5. The van der Waals surface area contributed by atoms with E-state index < -0.39 is 55.3 Å². The molecule has 3 N–H and O–H groups in total. The Morgan fingerprint density at radius 1 is 1.52 bits per heavy atom. The number of ether oxygens (including phenoxy) is 2. The summed E-state index contributed by atoms with van der Waals surface area (Å²) in [5, 5.41) is 8.97. The molecule has 12 heteroatoms. The minimum atomic E-state index is -5.15. The summed E-state index contributed by atoms with van der Waals surface area (Å²) in [5.74, 6) is -2.83. The van der Waals surface area contributed by atoms with Gasteiger partial charge in [0, 0.05) is 18.8 Å². The number of alkyl halides is 3. The molecule has 3 atom stereocenters. The molecule has 2 rings (SSSR count). The number of hydrogen-bond donors (Lipinski definition) is 2. The van der Waals surface area contributed by atoms with Crippen LogP contribution >= 0.6 is 0 Å². The van der Waals surface area contributed by atoms with E-state index in [4.69, 9.17) is 20.3 Å². The van der Waals surface area contributed by atoms with E-state index >= 15 is 0 Å². The molecular weight excluding hydrogens is 373 g/mol. The van der Waals surface area contributed by atoms with Crippen LogP contribution in [0.1, 0.15) is 20.1 Å². The molecule has 1 aliphatic rings. The lowest BCUT2D eigenvalue weighted by Gasteiger charge is -2.27. The van der Waals surface area contributed by atoms with Gasteiger partial charge >= 0.3 is 17.8 Å². The zero-order valence-electron chi connectivity index (χ0n) is 14.7. The topological polar surface area (TPSA) is 120 Å². The van der Waals surface area contributed by atoms with Crippen LogP contribution in [0.5, 0.6) is 0 Å². The summed E-state index contributed by atoms with van der Waals surface area (Å²) in [4.78, 5) is 27.9. The zero-order chi connectivity index (χ0) is 20.4. The normalized spacial score (nSPS) is 21.5. The van der Waals surface area contributed by atoms with Gasteiger partial charge in [0.05, 0.1) is 13.2 Å². The average Bonchev–Trinajstić information content (AvgIpc) is 3.06. The Hall–Kier alpha value is -2.02. The van der Waals surface area contributed by atoms with Crippen LogP contribution in [0, 0.1) is 5.92 Å². The van der Waals surface area contributed by atoms with Crippen molar-refractivity contribution in [2.24, 2.45) is 11.7 Å². The first-order valence-corrected chi connectivity index (χ1v) is 8.16. The lowest BCUT2D eigenvalue weighted by molar-refractivity contribution is -0.170. The van der Waals surface area contributed by atoms with Crippen molar-refractivity contribution in [3.05, 3.63) is 22.7 Å². The Balaban J connectivity index is 2.31. The highest BCUT2D eigenvalue weighted by molar-refractivity contribution is 5.96. The molecule has 1 aromatic rings. The number of aliphatic hydroxyl groups is 1. The smallest absolute Gasteiger partial charge is 0.391 e. The van der Waals surface area contributed by atoms with Crippen LogP contribution in [0.2, 0.25) is 0 Å². The highest BCUT2D eigenvalue weighted by atomic mass is 19.4. The van der Waals surface area contributed by atoms with Gasteiger partial charge in [0.15, 0.2) is 12.5 Å². The summed E-state index contributed by atoms with van der Waals surface area (Å²) in [6.07, 6.45) is -5.80. The van der Waals surface area contributed by atoms with Crippen LogP contribution in [0.15, 0.2) is 17.1 Å². The molecule has 0 aromatic carbocycles. The van der Waals surface area contributed by atoms with Gasteiger partial charge in [-0.05, 0) is 12.0 Å². The molecule has 9 nitrogen and oxygen atoms in total. The average molecular weight is 394 g/mol. The molecule has 1 amide bonds. The number of anilines is 1. The Morgan fingerprint density at radius 2 is 2.19 bits per heavy atom. The molecule has 1 saturated heterocycles. The number of hydrogen-bond acceptors (Lipinski definition) is 7. The Morgan fingerprint density at radius 3 is 2.67 bits per heavy atom. The molecule has 2 heterocycles. The maximum absolute atomic E-state index is 12.9. The van der Waals surface area contributed by atoms with Crippen LogP contribution in [0.25, 0.3) is 0 Å². The van der Waals surface area contributed by atoms with E-state index in [1.807, 2.05) is 0 Å². The largest absolute Gasteiger partial charge is 0.471 e. The monoisotopic (exact) mass is 394 g/mol. The van der Waals surface area contributed by atoms with Gasteiger partial charge in [-0.1, -0.05) is 13.8 Å². The molecule has 1 aromatic heterocycles. The zero-order valence-corrected chi connectivity index (χ0v) is 14.7. The van der Waals surface area contributed by atoms with E-state index in [2.05, 4.69) is 4.98 Å². The summed E-state index contributed by atoms with van der Waals surface area (Å²) in [6, 6.07) is 0.339. The summed E-state index contributed by atoms with van der Waals surface area (Å²) in [6.45, 7) is 2.47. The van der Waals surface area contributed by atoms with Crippen LogP contribution in [-0.2, 0) is 14.3 Å². The molecule has 1 aliphatic heterocycles. The quantitative estimate of drug-likeness (QED) is 0.696. The van der Waals surface area contributed by atoms with Crippen molar-refractivity contribution in [1.82, 2.24) is 9.55 Å². The van der Waals surface area contributed by atoms with Crippen LogP contribution in [0.4, 0.5) is 19.0 Å². The number of nitrogens with two attached hydrogens (primary N) is 1. The fourth-order valence-electron chi connectivity index (χ4n) is 2.31. The third kappa shape index (κ3) is 5.03. The number of aromatic nitrogens is 2. The van der Waals surface area contributed by atoms with Crippen molar-refractivity contribution >= 4 is 11.7 Å². The number of rotatable bonds is 6. The molecule has 1 fully saturated rings. The number of nitrogens with zero attached hydrogens (tertiary/aromatic N) is 3. The van der Waals surface area contributed by atoms with E-state index in [1.54, 1.807) is 13.8 Å². The number of carbonyl (C=O) groups excluding carboxylic acids is 1. The van der Waals surface area contributed by atoms with Gasteiger partial charge in [-0.25, -0.2) is 4.79 Å². The van der Waals surface area contributed by atoms with Crippen LogP contribution in [0.3, 0.4) is 0 Å². The van der Waals surface area contributed by atoms with Crippen molar-refractivity contribution < 1.29 is 32.5 Å². The van der Waals surface area contributed by atoms with Gasteiger partial charge in [-0.3, -0.25) is 14.3 Å². The molecular formula is C15H21F3N4O5. The number of amides is 1. The standard InChI is InChI=1S/C15H21F3N4O5/c1-8(2)9(19)5-22(13(24)15(16,17)18)10-3-4-21(14(25)20-10)11-7-26-12(6-23)27-11/h3-4,8-9,11-12,23H,5-7,19H2,1-2H3. The number of halogens is 3. The SMILES string of the molecule is CC(C)C(N)CN(C(=O)C(F)(F)F)c1ccn(C2COC(CO)O2)c(=O)n1. The molecule has 0 bridgehead atoms. The summed E-state index contributed by atoms with van der Waals surface area (Å²) >= 11 is 0. The van der Waals surface area contributed by atoms with Crippen LogP contribution < -0.4 is 16.3 Å². The van der Waals surface area contributed by atoms with E-state index in [9.17, 15) is 22.8 Å². The lowest BCUT2D eigenvalue weighted by atomic mass is 10.1. The second-order valence-electron chi connectivity index (χ2n) is 6.33. The van der Waals surface area contributed by atoms with Crippen molar-refractivity contribution in [3.63, 3.8) is 0 Å². The molecule has 3 unspecified atom stereocenters. The summed E-state index contributed by atoms with van der Waals surface area (Å²) in [7, 11) is 0. The maximum atomic E-state index is 12.9. The fourth-order valence-corrected chi connectivity index (χ4v) is 2.31. The predicted octanol–water partition coefficient (Wildman–Crippen LogP) is -0.0143. The molecule has 152 valence electrons. The van der Waals surface area contributed by atoms with Gasteiger partial charge in [-0.15, -0.1) is 0 Å². The fraction of sp³-hybridized carbons (Fsp3) is 0.667. The minimum Gasteiger partial charge on any atom is -0.391 e. The van der Waals surface area contributed by atoms with Gasteiger partial charge in [-0.2, -0.15) is 18.2 Å². The summed E-state index contributed by atoms with van der Waals surface area (Å²) in [5.41, 5.74) is 4.87. The highest BCUT2D eigenvalue weighted by Gasteiger charge is 2.44. The Kier molecular flexibility index (Phi) is 6.57. The molecule has 27 heavy (non-hydrogen) atoms. The second-order valence-corrected chi connectivity index (χ2v) is 6.33. The molecule has 0 saturated carbocycles. The third-order valence-corrected chi connectivity index (χ3v) is 4.02. The third-order valence-electron chi connectivity index (χ3n) is 4.02. The molecule has 0 aliphatic carbocycles. The van der Waals surface area contributed by atoms with Crippen molar-refractivity contribution in [2.45, 2.75) is 38.6 Å². The Bertz CT molecular complexity index is 724. The first-order valence-electron chi connectivity index (χ1n) is 8.16. The lowest BCUT2D eigenvalue weighted by Crippen LogP contribution is -2.49.